The normalized spacial score (nSPS) is 17.2. The van der Waals surface area contributed by atoms with Crippen LogP contribution in [0.25, 0.3) is 0 Å². The number of amides is 1. The van der Waals surface area contributed by atoms with Gasteiger partial charge in [0.15, 0.2) is 0 Å². The van der Waals surface area contributed by atoms with Crippen molar-refractivity contribution >= 4 is 5.91 Å². The molecule has 1 amide bonds. The average Bonchev–Trinajstić information content (AvgIpc) is 2.96. The molecule has 2 rings (SSSR count). The molecule has 0 aromatic heterocycles. The molecule has 0 heterocycles. The van der Waals surface area contributed by atoms with E-state index in [1.165, 1.54) is 11.1 Å². The zero-order valence-corrected chi connectivity index (χ0v) is 9.34. The second-order valence-electron chi connectivity index (χ2n) is 4.67. The number of hydrogen-bond donors (Lipinski definition) is 1. The molecule has 1 aromatic carbocycles. The molecular formula is C13H17NO. The first-order valence-corrected chi connectivity index (χ1v) is 5.45. The van der Waals surface area contributed by atoms with Gasteiger partial charge in [-0.2, -0.15) is 0 Å². The van der Waals surface area contributed by atoms with E-state index in [1.807, 2.05) is 19.1 Å². The van der Waals surface area contributed by atoms with Crippen LogP contribution in [0.3, 0.4) is 0 Å². The van der Waals surface area contributed by atoms with Crippen LogP contribution in [-0.4, -0.2) is 5.91 Å². The maximum Gasteiger partial charge on any atom is 0.226 e. The maximum absolute atomic E-state index is 11.7. The summed E-state index contributed by atoms with van der Waals surface area (Å²) in [4.78, 5) is 11.7. The number of hydrogen-bond acceptors (Lipinski definition) is 1. The van der Waals surface area contributed by atoms with Gasteiger partial charge in [-0.05, 0) is 30.9 Å². The SMILES string of the molecule is Cc1ccccc1CNC(=O)C1(C)CC1. The molecule has 0 spiro atoms. The first kappa shape index (κ1) is 10.2. The molecule has 1 aliphatic rings. The standard InChI is InChI=1S/C13H17NO/c1-10-5-3-4-6-11(10)9-14-12(15)13(2)7-8-13/h3-6H,7-9H2,1-2H3,(H,14,15). The monoisotopic (exact) mass is 203 g/mol. The smallest absolute Gasteiger partial charge is 0.226 e. The lowest BCUT2D eigenvalue weighted by molar-refractivity contribution is -0.125. The van der Waals surface area contributed by atoms with Crippen molar-refractivity contribution < 1.29 is 4.79 Å². The molecular weight excluding hydrogens is 186 g/mol. The second kappa shape index (κ2) is 3.69. The minimum absolute atomic E-state index is 0.0668. The Kier molecular flexibility index (Phi) is 2.51. The number of carbonyl (C=O) groups is 1. The fraction of sp³-hybridized carbons (Fsp3) is 0.462. The summed E-state index contributed by atoms with van der Waals surface area (Å²) in [6.45, 7) is 4.75. The predicted octanol–water partition coefficient (Wildman–Crippen LogP) is 2.41. The summed E-state index contributed by atoms with van der Waals surface area (Å²) in [5.74, 6) is 0.200. The molecule has 1 saturated carbocycles. The number of benzene rings is 1. The average molecular weight is 203 g/mol. The van der Waals surface area contributed by atoms with Gasteiger partial charge < -0.3 is 5.32 Å². The minimum Gasteiger partial charge on any atom is -0.352 e. The van der Waals surface area contributed by atoms with Crippen molar-refractivity contribution in [1.29, 1.82) is 0 Å². The van der Waals surface area contributed by atoms with E-state index in [-0.39, 0.29) is 11.3 Å². The highest BCUT2D eigenvalue weighted by Gasteiger charge is 2.44. The molecule has 1 aliphatic carbocycles. The molecule has 2 heteroatoms. The fourth-order valence-corrected chi connectivity index (χ4v) is 1.61. The van der Waals surface area contributed by atoms with Crippen LogP contribution < -0.4 is 5.32 Å². The molecule has 15 heavy (non-hydrogen) atoms. The van der Waals surface area contributed by atoms with Gasteiger partial charge in [-0.3, -0.25) is 4.79 Å². The van der Waals surface area contributed by atoms with Crippen molar-refractivity contribution in [3.05, 3.63) is 35.4 Å². The molecule has 1 aromatic rings. The van der Waals surface area contributed by atoms with E-state index in [4.69, 9.17) is 0 Å². The van der Waals surface area contributed by atoms with Crippen LogP contribution >= 0.6 is 0 Å². The molecule has 80 valence electrons. The van der Waals surface area contributed by atoms with Crippen LogP contribution in [0.4, 0.5) is 0 Å². The second-order valence-corrected chi connectivity index (χ2v) is 4.67. The highest BCUT2D eigenvalue weighted by atomic mass is 16.2. The van der Waals surface area contributed by atoms with E-state index in [0.29, 0.717) is 6.54 Å². The molecule has 1 fully saturated rings. The Morgan fingerprint density at radius 2 is 2.07 bits per heavy atom. The van der Waals surface area contributed by atoms with E-state index in [0.717, 1.165) is 12.8 Å². The highest BCUT2D eigenvalue weighted by molar-refractivity contribution is 5.84. The lowest BCUT2D eigenvalue weighted by Crippen LogP contribution is -2.29. The molecule has 1 N–H and O–H groups in total. The first-order valence-electron chi connectivity index (χ1n) is 5.45. The van der Waals surface area contributed by atoms with Gasteiger partial charge in [0.25, 0.3) is 0 Å². The Bertz CT molecular complexity index is 380. The summed E-state index contributed by atoms with van der Waals surface area (Å²) in [7, 11) is 0. The summed E-state index contributed by atoms with van der Waals surface area (Å²) in [6.07, 6.45) is 2.07. The predicted molar refractivity (Wildman–Crippen MR) is 60.4 cm³/mol. The van der Waals surface area contributed by atoms with Gasteiger partial charge in [-0.1, -0.05) is 31.2 Å². The van der Waals surface area contributed by atoms with Gasteiger partial charge in [-0.15, -0.1) is 0 Å². The van der Waals surface area contributed by atoms with Crippen LogP contribution in [0.2, 0.25) is 0 Å². The van der Waals surface area contributed by atoms with Gasteiger partial charge in [0, 0.05) is 12.0 Å². The van der Waals surface area contributed by atoms with Gasteiger partial charge in [0.1, 0.15) is 0 Å². The van der Waals surface area contributed by atoms with E-state index in [1.54, 1.807) is 0 Å². The third-order valence-electron chi connectivity index (χ3n) is 3.25. The Balaban J connectivity index is 1.93. The Hall–Kier alpha value is -1.31. The summed E-state index contributed by atoms with van der Waals surface area (Å²) in [5.41, 5.74) is 2.37. The third kappa shape index (κ3) is 2.20. The summed E-state index contributed by atoms with van der Waals surface area (Å²) >= 11 is 0. The summed E-state index contributed by atoms with van der Waals surface area (Å²) in [5, 5.41) is 3.00. The number of carbonyl (C=O) groups excluding carboxylic acids is 1. The van der Waals surface area contributed by atoms with Crippen LogP contribution in [0.1, 0.15) is 30.9 Å². The van der Waals surface area contributed by atoms with E-state index >= 15 is 0 Å². The molecule has 2 nitrogen and oxygen atoms in total. The Morgan fingerprint density at radius 1 is 1.40 bits per heavy atom. The van der Waals surface area contributed by atoms with Crippen LogP contribution in [0, 0.1) is 12.3 Å². The molecule has 0 unspecified atom stereocenters. The first-order chi connectivity index (χ1) is 7.12. The molecule has 0 aliphatic heterocycles. The quantitative estimate of drug-likeness (QED) is 0.803. The number of aryl methyl sites for hydroxylation is 1. The molecule has 0 saturated heterocycles. The van der Waals surface area contributed by atoms with E-state index < -0.39 is 0 Å². The van der Waals surface area contributed by atoms with Crippen molar-refractivity contribution in [2.24, 2.45) is 5.41 Å². The lowest BCUT2D eigenvalue weighted by Gasteiger charge is -2.11. The third-order valence-corrected chi connectivity index (χ3v) is 3.25. The Labute approximate surface area is 90.7 Å². The highest BCUT2D eigenvalue weighted by Crippen LogP contribution is 2.45. The van der Waals surface area contributed by atoms with Crippen molar-refractivity contribution in [1.82, 2.24) is 5.32 Å². The van der Waals surface area contributed by atoms with E-state index in [9.17, 15) is 4.79 Å². The van der Waals surface area contributed by atoms with Crippen molar-refractivity contribution in [3.8, 4) is 0 Å². The van der Waals surface area contributed by atoms with Crippen LogP contribution in [0.15, 0.2) is 24.3 Å². The topological polar surface area (TPSA) is 29.1 Å². The maximum atomic E-state index is 11.7. The number of rotatable bonds is 3. The van der Waals surface area contributed by atoms with E-state index in [2.05, 4.69) is 24.4 Å². The van der Waals surface area contributed by atoms with Gasteiger partial charge in [0.2, 0.25) is 5.91 Å². The van der Waals surface area contributed by atoms with Crippen LogP contribution in [-0.2, 0) is 11.3 Å². The molecule has 0 radical (unpaired) electrons. The molecule has 0 atom stereocenters. The van der Waals surface area contributed by atoms with Crippen LogP contribution in [0.5, 0.6) is 0 Å². The van der Waals surface area contributed by atoms with Crippen molar-refractivity contribution in [3.63, 3.8) is 0 Å². The van der Waals surface area contributed by atoms with Gasteiger partial charge in [-0.25, -0.2) is 0 Å². The lowest BCUT2D eigenvalue weighted by atomic mass is 10.1. The summed E-state index contributed by atoms with van der Waals surface area (Å²) < 4.78 is 0. The summed E-state index contributed by atoms with van der Waals surface area (Å²) in [6, 6.07) is 8.15. The minimum atomic E-state index is -0.0668. The zero-order valence-electron chi connectivity index (χ0n) is 9.34. The van der Waals surface area contributed by atoms with Crippen molar-refractivity contribution in [2.45, 2.75) is 33.2 Å². The van der Waals surface area contributed by atoms with Crippen molar-refractivity contribution in [2.75, 3.05) is 0 Å². The fourth-order valence-electron chi connectivity index (χ4n) is 1.61. The Morgan fingerprint density at radius 3 is 2.67 bits per heavy atom. The number of nitrogens with one attached hydrogen (secondary N) is 1. The van der Waals surface area contributed by atoms with Gasteiger partial charge >= 0.3 is 0 Å². The zero-order chi connectivity index (χ0) is 10.9. The van der Waals surface area contributed by atoms with Gasteiger partial charge in [0.05, 0.1) is 0 Å². The largest absolute Gasteiger partial charge is 0.352 e. The molecule has 0 bridgehead atoms.